The molecule has 9 heteroatoms. The Labute approximate surface area is 130 Å². The summed E-state index contributed by atoms with van der Waals surface area (Å²) in [6, 6.07) is 4.36. The summed E-state index contributed by atoms with van der Waals surface area (Å²) in [5, 5.41) is 38.5. The van der Waals surface area contributed by atoms with Gasteiger partial charge in [0.15, 0.2) is 0 Å². The van der Waals surface area contributed by atoms with Crippen molar-refractivity contribution in [3.63, 3.8) is 0 Å². The molecule has 4 atom stereocenters. The second-order valence-electron chi connectivity index (χ2n) is 5.42. The van der Waals surface area contributed by atoms with Gasteiger partial charge in [-0.05, 0) is 17.7 Å². The zero-order valence-electron chi connectivity index (χ0n) is 12.0. The smallest absolute Gasteiger partial charge is 0.406 e. The molecule has 4 N–H and O–H groups in total. The second-order valence-corrected chi connectivity index (χ2v) is 5.42. The van der Waals surface area contributed by atoms with Gasteiger partial charge in [-0.3, -0.25) is 4.90 Å². The fourth-order valence-corrected chi connectivity index (χ4v) is 2.59. The van der Waals surface area contributed by atoms with Crippen molar-refractivity contribution in [1.29, 1.82) is 0 Å². The molecule has 0 aliphatic carbocycles. The lowest BCUT2D eigenvalue weighted by Gasteiger charge is -2.43. The number of hydrogen-bond donors (Lipinski definition) is 4. The fourth-order valence-electron chi connectivity index (χ4n) is 2.59. The van der Waals surface area contributed by atoms with Crippen LogP contribution in [0.5, 0.6) is 5.75 Å². The first-order valence-electron chi connectivity index (χ1n) is 6.95. The fraction of sp³-hybridized carbons (Fsp3) is 0.571. The predicted molar refractivity (Wildman–Crippen MR) is 72.4 cm³/mol. The normalized spacial score (nSPS) is 29.5. The van der Waals surface area contributed by atoms with Crippen LogP contribution in [-0.4, -0.2) is 69.2 Å². The summed E-state index contributed by atoms with van der Waals surface area (Å²) >= 11 is 0. The molecule has 1 aromatic carbocycles. The van der Waals surface area contributed by atoms with E-state index in [9.17, 15) is 33.6 Å². The molecule has 0 saturated carbocycles. The molecule has 6 nitrogen and oxygen atoms in total. The van der Waals surface area contributed by atoms with Gasteiger partial charge in [-0.15, -0.1) is 13.2 Å². The zero-order chi connectivity index (χ0) is 17.2. The number of piperidine rings is 1. The molecular formula is C14H18F3NO5. The molecule has 1 saturated heterocycles. The second kappa shape index (κ2) is 7.02. The van der Waals surface area contributed by atoms with Gasteiger partial charge in [-0.2, -0.15) is 0 Å². The zero-order valence-corrected chi connectivity index (χ0v) is 12.0. The van der Waals surface area contributed by atoms with Gasteiger partial charge in [0, 0.05) is 13.1 Å². The average Bonchev–Trinajstić information content (AvgIpc) is 2.46. The van der Waals surface area contributed by atoms with Gasteiger partial charge in [0.1, 0.15) is 18.0 Å². The summed E-state index contributed by atoms with van der Waals surface area (Å²) in [6.45, 7) is -0.233. The Kier molecular flexibility index (Phi) is 5.48. The van der Waals surface area contributed by atoms with E-state index in [2.05, 4.69) is 4.74 Å². The SMILES string of the molecule is OCC1[C@@H](O)[C@H](O)[C@@H](O)CN1Cc1ccc(OC(F)(F)F)cc1. The van der Waals surface area contributed by atoms with E-state index >= 15 is 0 Å². The van der Waals surface area contributed by atoms with Crippen molar-refractivity contribution in [3.05, 3.63) is 29.8 Å². The molecule has 130 valence electrons. The van der Waals surface area contributed by atoms with Crippen molar-refractivity contribution in [2.75, 3.05) is 13.2 Å². The Bertz CT molecular complexity index is 510. The monoisotopic (exact) mass is 337 g/mol. The lowest BCUT2D eigenvalue weighted by molar-refractivity contribution is -0.274. The Morgan fingerprint density at radius 3 is 2.22 bits per heavy atom. The molecule has 1 aromatic rings. The number of halogens is 3. The van der Waals surface area contributed by atoms with Crippen molar-refractivity contribution in [3.8, 4) is 5.75 Å². The maximum atomic E-state index is 12.1. The maximum absolute atomic E-state index is 12.1. The first-order valence-corrected chi connectivity index (χ1v) is 6.95. The van der Waals surface area contributed by atoms with Crippen molar-refractivity contribution < 1.29 is 38.3 Å². The number of benzene rings is 1. The average molecular weight is 337 g/mol. The lowest BCUT2D eigenvalue weighted by atomic mass is 9.94. The largest absolute Gasteiger partial charge is 0.573 e. The van der Waals surface area contributed by atoms with Gasteiger partial charge in [0.2, 0.25) is 0 Å². The first kappa shape index (κ1) is 18.0. The van der Waals surface area contributed by atoms with Crippen LogP contribution in [0.25, 0.3) is 0 Å². The van der Waals surface area contributed by atoms with Gasteiger partial charge in [0.25, 0.3) is 0 Å². The van der Waals surface area contributed by atoms with Gasteiger partial charge in [-0.25, -0.2) is 0 Å². The first-order chi connectivity index (χ1) is 10.7. The van der Waals surface area contributed by atoms with Crippen LogP contribution < -0.4 is 4.74 Å². The molecule has 1 fully saturated rings. The predicted octanol–water partition coefficient (Wildman–Crippen LogP) is -0.156. The maximum Gasteiger partial charge on any atom is 0.573 e. The van der Waals surface area contributed by atoms with Gasteiger partial charge in [0.05, 0.1) is 18.8 Å². The van der Waals surface area contributed by atoms with E-state index in [1.807, 2.05) is 0 Å². The quantitative estimate of drug-likeness (QED) is 0.610. The molecule has 1 unspecified atom stereocenters. The molecule has 0 radical (unpaired) electrons. The number of likely N-dealkylation sites (tertiary alicyclic amines) is 1. The molecule has 1 aliphatic heterocycles. The molecule has 0 aromatic heterocycles. The molecule has 23 heavy (non-hydrogen) atoms. The Morgan fingerprint density at radius 1 is 1.09 bits per heavy atom. The Morgan fingerprint density at radius 2 is 1.70 bits per heavy atom. The van der Waals surface area contributed by atoms with Crippen LogP contribution in [-0.2, 0) is 6.54 Å². The van der Waals surface area contributed by atoms with E-state index in [-0.39, 0.29) is 18.8 Å². The van der Waals surface area contributed by atoms with Crippen LogP contribution in [0.2, 0.25) is 0 Å². The Hall–Kier alpha value is -1.39. The lowest BCUT2D eigenvalue weighted by Crippen LogP contribution is -2.62. The Balaban J connectivity index is 2.05. The number of rotatable bonds is 4. The standard InChI is InChI=1S/C14H18F3NO5/c15-14(16,17)23-9-3-1-8(2-4-9)5-18-6-11(20)13(22)12(21)10(18)7-19/h1-4,10-13,19-22H,5-7H2/t10?,11-,12+,13+/m0/s1. The van der Waals surface area contributed by atoms with Crippen LogP contribution in [0, 0.1) is 0 Å². The number of aliphatic hydroxyl groups is 4. The summed E-state index contributed by atoms with van der Waals surface area (Å²) < 4.78 is 40.1. The summed E-state index contributed by atoms with van der Waals surface area (Å²) in [6.07, 6.45) is -8.62. The number of ether oxygens (including phenoxy) is 1. The summed E-state index contributed by atoms with van der Waals surface area (Å²) in [4.78, 5) is 1.56. The minimum Gasteiger partial charge on any atom is -0.406 e. The summed E-state index contributed by atoms with van der Waals surface area (Å²) in [5.74, 6) is -0.353. The number of hydrogen-bond acceptors (Lipinski definition) is 6. The number of β-amino-alcohol motifs (C(OH)–C–C–N with tert-alkyl or cyclic N) is 1. The molecule has 1 aliphatic rings. The van der Waals surface area contributed by atoms with Gasteiger partial charge in [-0.1, -0.05) is 12.1 Å². The molecule has 1 heterocycles. The molecule has 0 spiro atoms. The number of aliphatic hydroxyl groups excluding tert-OH is 4. The minimum absolute atomic E-state index is 0.0181. The molecule has 0 amide bonds. The van der Waals surface area contributed by atoms with E-state index in [1.165, 1.54) is 12.1 Å². The molecular weight excluding hydrogens is 319 g/mol. The third-order valence-electron chi connectivity index (χ3n) is 3.76. The highest BCUT2D eigenvalue weighted by atomic mass is 19.4. The van der Waals surface area contributed by atoms with Crippen LogP contribution in [0.15, 0.2) is 24.3 Å². The highest BCUT2D eigenvalue weighted by Gasteiger charge is 2.40. The minimum atomic E-state index is -4.76. The van der Waals surface area contributed by atoms with Gasteiger partial charge < -0.3 is 25.2 Å². The third-order valence-corrected chi connectivity index (χ3v) is 3.76. The van der Waals surface area contributed by atoms with Crippen molar-refractivity contribution in [1.82, 2.24) is 4.90 Å². The van der Waals surface area contributed by atoms with E-state index in [0.29, 0.717) is 5.56 Å². The topological polar surface area (TPSA) is 93.4 Å². The number of alkyl halides is 3. The van der Waals surface area contributed by atoms with Crippen molar-refractivity contribution in [2.45, 2.75) is 37.3 Å². The van der Waals surface area contributed by atoms with Crippen LogP contribution >= 0.6 is 0 Å². The molecule has 0 bridgehead atoms. The van der Waals surface area contributed by atoms with Crippen LogP contribution in [0.4, 0.5) is 13.2 Å². The molecule has 2 rings (SSSR count). The van der Waals surface area contributed by atoms with E-state index in [1.54, 1.807) is 4.90 Å². The van der Waals surface area contributed by atoms with Crippen molar-refractivity contribution >= 4 is 0 Å². The van der Waals surface area contributed by atoms with Gasteiger partial charge >= 0.3 is 6.36 Å². The summed E-state index contributed by atoms with van der Waals surface area (Å²) in [5.41, 5.74) is 0.605. The summed E-state index contributed by atoms with van der Waals surface area (Å²) in [7, 11) is 0. The highest BCUT2D eigenvalue weighted by Crippen LogP contribution is 2.25. The highest BCUT2D eigenvalue weighted by molar-refractivity contribution is 5.27. The van der Waals surface area contributed by atoms with Crippen LogP contribution in [0.3, 0.4) is 0 Å². The number of nitrogens with zero attached hydrogens (tertiary/aromatic N) is 1. The van der Waals surface area contributed by atoms with E-state index in [0.717, 1.165) is 12.1 Å². The van der Waals surface area contributed by atoms with Crippen molar-refractivity contribution in [2.24, 2.45) is 0 Å². The van der Waals surface area contributed by atoms with E-state index in [4.69, 9.17) is 0 Å². The van der Waals surface area contributed by atoms with Crippen LogP contribution in [0.1, 0.15) is 5.56 Å². The third kappa shape index (κ3) is 4.55. The van der Waals surface area contributed by atoms with E-state index < -0.39 is 37.3 Å².